The zero-order valence-corrected chi connectivity index (χ0v) is 24.3. The summed E-state index contributed by atoms with van der Waals surface area (Å²) < 4.78 is 2.11. The molecule has 2 aliphatic heterocycles. The second-order valence-corrected chi connectivity index (χ2v) is 12.1. The maximum Gasteiger partial charge on any atom is 0.303 e. The fraction of sp³-hybridized carbons (Fsp3) is 0.552. The lowest BCUT2D eigenvalue weighted by Crippen LogP contribution is -2.34. The van der Waals surface area contributed by atoms with Crippen molar-refractivity contribution in [2.45, 2.75) is 84.0 Å². The number of fused-ring (bicyclic) bond motifs is 1. The molecule has 4 heterocycles. The van der Waals surface area contributed by atoms with Gasteiger partial charge in [-0.3, -0.25) is 23.7 Å². The van der Waals surface area contributed by atoms with Crippen molar-refractivity contribution >= 4 is 57.7 Å². The van der Waals surface area contributed by atoms with E-state index in [1.54, 1.807) is 21.6 Å². The quantitative estimate of drug-likeness (QED) is 0.184. The van der Waals surface area contributed by atoms with Gasteiger partial charge in [0.1, 0.15) is 15.8 Å². The molecule has 2 fully saturated rings. The molecule has 0 aromatic carbocycles. The smallest absolute Gasteiger partial charge is 0.303 e. The Hall–Kier alpha value is -2.72. The minimum absolute atomic E-state index is 0.137. The van der Waals surface area contributed by atoms with Crippen LogP contribution >= 0.6 is 24.0 Å². The van der Waals surface area contributed by atoms with Crippen LogP contribution in [0.1, 0.15) is 88.2 Å². The molecule has 1 amide bonds. The molecule has 2 aliphatic rings. The van der Waals surface area contributed by atoms with E-state index in [9.17, 15) is 14.4 Å². The van der Waals surface area contributed by atoms with Gasteiger partial charge >= 0.3 is 5.97 Å². The van der Waals surface area contributed by atoms with Gasteiger partial charge in [0.25, 0.3) is 11.5 Å². The average Bonchev–Trinajstić information content (AvgIpc) is 3.19. The molecule has 0 unspecified atom stereocenters. The third-order valence-electron chi connectivity index (χ3n) is 7.39. The predicted molar refractivity (Wildman–Crippen MR) is 161 cm³/mol. The van der Waals surface area contributed by atoms with Crippen LogP contribution in [0.3, 0.4) is 0 Å². The number of amides is 1. The third kappa shape index (κ3) is 7.48. The van der Waals surface area contributed by atoms with Crippen molar-refractivity contribution in [1.29, 1.82) is 0 Å². The van der Waals surface area contributed by atoms with E-state index >= 15 is 0 Å². The number of nitrogens with zero attached hydrogens (tertiary/aromatic N) is 4. The lowest BCUT2D eigenvalue weighted by Gasteiger charge is -2.29. The lowest BCUT2D eigenvalue weighted by molar-refractivity contribution is -0.137. The highest BCUT2D eigenvalue weighted by Crippen LogP contribution is 2.34. The molecule has 10 heteroatoms. The van der Waals surface area contributed by atoms with Gasteiger partial charge < -0.3 is 10.0 Å². The normalized spacial score (nSPS) is 17.1. The van der Waals surface area contributed by atoms with E-state index in [0.717, 1.165) is 82.9 Å². The topological polar surface area (TPSA) is 95.2 Å². The number of carbonyl (C=O) groups is 2. The fourth-order valence-corrected chi connectivity index (χ4v) is 6.49. The van der Waals surface area contributed by atoms with Crippen LogP contribution in [0.15, 0.2) is 28.0 Å². The molecule has 8 nitrogen and oxygen atoms in total. The van der Waals surface area contributed by atoms with Gasteiger partial charge in [-0.05, 0) is 56.7 Å². The summed E-state index contributed by atoms with van der Waals surface area (Å²) in [5, 5.41) is 8.69. The Kier molecular flexibility index (Phi) is 10.6. The number of pyridine rings is 1. The molecule has 2 saturated heterocycles. The largest absolute Gasteiger partial charge is 0.481 e. The van der Waals surface area contributed by atoms with Crippen LogP contribution < -0.4 is 10.5 Å². The van der Waals surface area contributed by atoms with Crippen molar-refractivity contribution in [3.05, 3.63) is 44.7 Å². The standard InChI is InChI=1S/C29H38N4O4S2/c1-21-14-13-19-32-25(21)30-26(31-16-10-8-11-17-31)22(27(32)36)20-23-28(37)33(29(38)39-23)18-12-7-5-3-2-4-6-9-15-24(34)35/h13-14,19-20H,2-12,15-18H2,1H3,(H,34,35). The number of piperidine rings is 1. The zero-order valence-electron chi connectivity index (χ0n) is 22.7. The second kappa shape index (κ2) is 14.1. The Balaban J connectivity index is 1.40. The third-order valence-corrected chi connectivity index (χ3v) is 8.77. The van der Waals surface area contributed by atoms with Crippen molar-refractivity contribution in [2.24, 2.45) is 0 Å². The number of carboxylic acid groups (broad SMARTS) is 1. The van der Waals surface area contributed by atoms with Crippen molar-refractivity contribution in [3.63, 3.8) is 0 Å². The molecule has 0 bridgehead atoms. The monoisotopic (exact) mass is 570 g/mol. The summed E-state index contributed by atoms with van der Waals surface area (Å²) in [5.41, 5.74) is 1.86. The first-order valence-corrected chi connectivity index (χ1v) is 15.3. The van der Waals surface area contributed by atoms with E-state index in [1.807, 2.05) is 19.1 Å². The number of hydrogen-bond donors (Lipinski definition) is 1. The summed E-state index contributed by atoms with van der Waals surface area (Å²) in [6.45, 7) is 4.22. The molecule has 2 aromatic rings. The Bertz CT molecular complexity index is 1300. The molecule has 2 aromatic heterocycles. The fourth-order valence-electron chi connectivity index (χ4n) is 5.20. The van der Waals surface area contributed by atoms with Gasteiger partial charge in [0.2, 0.25) is 0 Å². The Labute approximate surface area is 239 Å². The number of thiocarbonyl (C=S) groups is 1. The first-order chi connectivity index (χ1) is 18.9. The van der Waals surface area contributed by atoms with Crippen LogP contribution in [0, 0.1) is 6.92 Å². The van der Waals surface area contributed by atoms with Gasteiger partial charge in [-0.1, -0.05) is 68.6 Å². The molecule has 0 aliphatic carbocycles. The molecule has 1 N–H and O–H groups in total. The maximum absolute atomic E-state index is 13.6. The molecule has 210 valence electrons. The van der Waals surface area contributed by atoms with Crippen LogP contribution in [0.5, 0.6) is 0 Å². The van der Waals surface area contributed by atoms with Gasteiger partial charge in [0.15, 0.2) is 0 Å². The number of unbranched alkanes of at least 4 members (excludes halogenated alkanes) is 7. The summed E-state index contributed by atoms with van der Waals surface area (Å²) in [7, 11) is 0. The number of anilines is 1. The second-order valence-electron chi connectivity index (χ2n) is 10.4. The van der Waals surface area contributed by atoms with Crippen LogP contribution in [0.25, 0.3) is 11.7 Å². The van der Waals surface area contributed by atoms with E-state index in [4.69, 9.17) is 22.3 Å². The summed E-state index contributed by atoms with van der Waals surface area (Å²) in [5.74, 6) is -0.205. The maximum atomic E-state index is 13.6. The van der Waals surface area contributed by atoms with Crippen LogP contribution in [-0.2, 0) is 9.59 Å². The number of aromatic nitrogens is 2. The molecule has 0 atom stereocenters. The Morgan fingerprint density at radius 1 is 1.05 bits per heavy atom. The van der Waals surface area contributed by atoms with Gasteiger partial charge in [0, 0.05) is 32.3 Å². The summed E-state index contributed by atoms with van der Waals surface area (Å²) in [6, 6.07) is 3.80. The molecule has 0 spiro atoms. The van der Waals surface area contributed by atoms with Crippen LogP contribution in [0.2, 0.25) is 0 Å². The summed E-state index contributed by atoms with van der Waals surface area (Å²) in [6.07, 6.45) is 14.9. The Morgan fingerprint density at radius 2 is 1.72 bits per heavy atom. The minimum Gasteiger partial charge on any atom is -0.481 e. The van der Waals surface area contributed by atoms with Crippen molar-refractivity contribution < 1.29 is 14.7 Å². The van der Waals surface area contributed by atoms with E-state index in [-0.39, 0.29) is 17.9 Å². The number of rotatable bonds is 13. The number of aryl methyl sites for hydroxylation is 1. The molecule has 0 radical (unpaired) electrons. The lowest BCUT2D eigenvalue weighted by atomic mass is 10.1. The first-order valence-electron chi connectivity index (χ1n) is 14.1. The van der Waals surface area contributed by atoms with Crippen molar-refractivity contribution in [3.8, 4) is 0 Å². The minimum atomic E-state index is -0.723. The molecular formula is C29H38N4O4S2. The SMILES string of the molecule is Cc1cccn2c(=O)c(C=C3SC(=S)N(CCCCCCCCCCC(=O)O)C3=O)c(N3CCCCC3)nc12. The van der Waals surface area contributed by atoms with Gasteiger partial charge in [-0.25, -0.2) is 4.98 Å². The van der Waals surface area contributed by atoms with E-state index in [0.29, 0.717) is 32.8 Å². The highest BCUT2D eigenvalue weighted by molar-refractivity contribution is 8.26. The van der Waals surface area contributed by atoms with Gasteiger partial charge in [-0.15, -0.1) is 0 Å². The number of carboxylic acids is 1. The zero-order chi connectivity index (χ0) is 27.8. The van der Waals surface area contributed by atoms with Crippen LogP contribution in [0.4, 0.5) is 5.82 Å². The number of hydrogen-bond acceptors (Lipinski definition) is 7. The highest BCUT2D eigenvalue weighted by Gasteiger charge is 2.32. The van der Waals surface area contributed by atoms with Crippen molar-refractivity contribution in [1.82, 2.24) is 14.3 Å². The predicted octanol–water partition coefficient (Wildman–Crippen LogP) is 5.79. The van der Waals surface area contributed by atoms with Crippen LogP contribution in [-0.4, -0.2) is 55.2 Å². The number of thioether (sulfide) groups is 1. The molecule has 0 saturated carbocycles. The van der Waals surface area contributed by atoms with E-state index in [1.165, 1.54) is 18.2 Å². The summed E-state index contributed by atoms with van der Waals surface area (Å²) in [4.78, 5) is 46.8. The van der Waals surface area contributed by atoms with E-state index in [2.05, 4.69) is 4.90 Å². The molecular weight excluding hydrogens is 532 g/mol. The number of carbonyl (C=O) groups excluding carboxylic acids is 1. The summed E-state index contributed by atoms with van der Waals surface area (Å²) >= 11 is 6.81. The molecule has 39 heavy (non-hydrogen) atoms. The Morgan fingerprint density at radius 3 is 2.41 bits per heavy atom. The number of aliphatic carboxylic acids is 1. The van der Waals surface area contributed by atoms with Gasteiger partial charge in [0.05, 0.1) is 10.5 Å². The highest BCUT2D eigenvalue weighted by atomic mass is 32.2. The van der Waals surface area contributed by atoms with E-state index < -0.39 is 5.97 Å². The molecule has 4 rings (SSSR count). The average molecular weight is 571 g/mol. The first kappa shape index (κ1) is 29.3. The van der Waals surface area contributed by atoms with Gasteiger partial charge in [-0.2, -0.15) is 0 Å². The van der Waals surface area contributed by atoms with Crippen molar-refractivity contribution in [2.75, 3.05) is 24.5 Å².